The summed E-state index contributed by atoms with van der Waals surface area (Å²) in [5.41, 5.74) is 0.462. The van der Waals surface area contributed by atoms with E-state index in [9.17, 15) is 13.2 Å². The van der Waals surface area contributed by atoms with Crippen molar-refractivity contribution in [3.63, 3.8) is 0 Å². The molecule has 1 aromatic carbocycles. The van der Waals surface area contributed by atoms with Gasteiger partial charge in [0.1, 0.15) is 5.84 Å². The number of nitrogens with zero attached hydrogens (tertiary/aromatic N) is 1. The van der Waals surface area contributed by atoms with Crippen LogP contribution in [0.3, 0.4) is 0 Å². The van der Waals surface area contributed by atoms with E-state index in [0.717, 1.165) is 13.0 Å². The number of nitrogens with one attached hydrogen (secondary N) is 3. The van der Waals surface area contributed by atoms with Gasteiger partial charge in [-0.15, -0.1) is 0 Å². The van der Waals surface area contributed by atoms with Gasteiger partial charge in [-0.25, -0.2) is 8.42 Å². The quantitative estimate of drug-likeness (QED) is 0.685. The predicted molar refractivity (Wildman–Crippen MR) is 92.5 cm³/mol. The molecule has 0 spiro atoms. The number of amides is 1. The first-order valence-corrected chi connectivity index (χ1v) is 9.68. The van der Waals surface area contributed by atoms with Gasteiger partial charge in [-0.05, 0) is 49.9 Å². The van der Waals surface area contributed by atoms with Gasteiger partial charge in [0.05, 0.1) is 11.4 Å². The smallest absolute Gasteiger partial charge is 0.262 e. The maximum absolute atomic E-state index is 12.4. The van der Waals surface area contributed by atoms with E-state index >= 15 is 0 Å². The lowest BCUT2D eigenvalue weighted by Crippen LogP contribution is -2.30. The summed E-state index contributed by atoms with van der Waals surface area (Å²) in [5.74, 6) is 1.02. The highest BCUT2D eigenvalue weighted by molar-refractivity contribution is 7.90. The van der Waals surface area contributed by atoms with Gasteiger partial charge in [0, 0.05) is 18.7 Å². The Labute approximate surface area is 142 Å². The number of carbonyl (C=O) groups is 1. The number of anilines is 1. The van der Waals surface area contributed by atoms with Crippen LogP contribution in [0.25, 0.3) is 0 Å². The fraction of sp³-hybridized carbons (Fsp3) is 0.500. The molecule has 130 valence electrons. The maximum Gasteiger partial charge on any atom is 0.262 e. The Morgan fingerprint density at radius 3 is 2.83 bits per heavy atom. The molecule has 8 heteroatoms. The Morgan fingerprint density at radius 2 is 2.12 bits per heavy atom. The van der Waals surface area contributed by atoms with Crippen molar-refractivity contribution in [3.05, 3.63) is 24.3 Å². The summed E-state index contributed by atoms with van der Waals surface area (Å²) < 4.78 is 27.2. The van der Waals surface area contributed by atoms with Crippen LogP contribution in [0.1, 0.15) is 25.7 Å². The molecule has 0 unspecified atom stereocenters. The zero-order valence-electron chi connectivity index (χ0n) is 13.4. The van der Waals surface area contributed by atoms with Crippen molar-refractivity contribution in [2.45, 2.75) is 30.6 Å². The number of sulfonamides is 1. The van der Waals surface area contributed by atoms with Crippen LogP contribution in [-0.4, -0.2) is 39.8 Å². The van der Waals surface area contributed by atoms with Crippen LogP contribution >= 0.6 is 0 Å². The van der Waals surface area contributed by atoms with Crippen molar-refractivity contribution >= 4 is 27.5 Å². The van der Waals surface area contributed by atoms with Crippen LogP contribution in [-0.2, 0) is 14.8 Å². The Kier molecular flexibility index (Phi) is 5.15. The lowest BCUT2D eigenvalue weighted by atomic mass is 10.3. The van der Waals surface area contributed by atoms with E-state index in [-0.39, 0.29) is 17.3 Å². The van der Waals surface area contributed by atoms with Crippen LogP contribution in [0, 0.1) is 5.92 Å². The molecule has 0 aromatic heterocycles. The summed E-state index contributed by atoms with van der Waals surface area (Å²) >= 11 is 0. The minimum atomic E-state index is -3.67. The molecule has 3 N–H and O–H groups in total. The molecule has 1 aliphatic heterocycles. The van der Waals surface area contributed by atoms with Crippen molar-refractivity contribution in [1.82, 2.24) is 10.0 Å². The molecule has 0 saturated heterocycles. The number of rotatable bonds is 7. The van der Waals surface area contributed by atoms with E-state index in [4.69, 9.17) is 0 Å². The van der Waals surface area contributed by atoms with Gasteiger partial charge in [0.15, 0.2) is 0 Å². The van der Waals surface area contributed by atoms with Crippen molar-refractivity contribution in [2.24, 2.45) is 10.9 Å². The predicted octanol–water partition coefficient (Wildman–Crippen LogP) is 1.10. The molecule has 1 aromatic rings. The first-order chi connectivity index (χ1) is 11.5. The fourth-order valence-corrected chi connectivity index (χ4v) is 3.63. The number of carbonyl (C=O) groups excluding carboxylic acids is 1. The van der Waals surface area contributed by atoms with Crippen LogP contribution in [0.4, 0.5) is 5.69 Å². The molecule has 1 aliphatic carbocycles. The van der Waals surface area contributed by atoms with E-state index in [0.29, 0.717) is 30.4 Å². The number of aliphatic imine (C=N–C) groups is 1. The summed E-state index contributed by atoms with van der Waals surface area (Å²) in [6.45, 7) is 1.73. The van der Waals surface area contributed by atoms with E-state index in [1.807, 2.05) is 0 Å². The van der Waals surface area contributed by atoms with Gasteiger partial charge in [0.25, 0.3) is 10.0 Å². The van der Waals surface area contributed by atoms with E-state index in [1.54, 1.807) is 12.1 Å². The Morgan fingerprint density at radius 1 is 1.29 bits per heavy atom. The molecule has 0 radical (unpaired) electrons. The van der Waals surface area contributed by atoms with Crippen LogP contribution in [0.5, 0.6) is 0 Å². The summed E-state index contributed by atoms with van der Waals surface area (Å²) in [7, 11) is -3.67. The summed E-state index contributed by atoms with van der Waals surface area (Å²) in [6, 6.07) is 6.23. The van der Waals surface area contributed by atoms with Crippen molar-refractivity contribution < 1.29 is 13.2 Å². The second-order valence-corrected chi connectivity index (χ2v) is 7.87. The average Bonchev–Trinajstić information content (AvgIpc) is 3.22. The Balaban J connectivity index is 1.59. The molecular formula is C16H22N4O3S. The average molecular weight is 350 g/mol. The lowest BCUT2D eigenvalue weighted by Gasteiger charge is -2.10. The molecule has 1 fully saturated rings. The second-order valence-electron chi connectivity index (χ2n) is 6.19. The number of benzene rings is 1. The van der Waals surface area contributed by atoms with Gasteiger partial charge in [-0.1, -0.05) is 6.07 Å². The third-order valence-corrected chi connectivity index (χ3v) is 5.35. The largest absolute Gasteiger partial charge is 0.325 e. The van der Waals surface area contributed by atoms with E-state index in [1.165, 1.54) is 25.0 Å². The van der Waals surface area contributed by atoms with Crippen LogP contribution in [0.15, 0.2) is 34.2 Å². The zero-order valence-corrected chi connectivity index (χ0v) is 14.2. The fourth-order valence-electron chi connectivity index (χ4n) is 2.49. The van der Waals surface area contributed by atoms with Gasteiger partial charge >= 0.3 is 0 Å². The molecule has 3 rings (SSSR count). The number of amidine groups is 1. The first kappa shape index (κ1) is 16.9. The molecule has 1 saturated carbocycles. The normalized spacial score (nSPS) is 17.4. The second kappa shape index (κ2) is 7.31. The summed E-state index contributed by atoms with van der Waals surface area (Å²) in [5, 5.41) is 5.82. The zero-order chi connectivity index (χ0) is 17.0. The van der Waals surface area contributed by atoms with E-state index in [2.05, 4.69) is 20.3 Å². The highest BCUT2D eigenvalue weighted by Crippen LogP contribution is 2.27. The van der Waals surface area contributed by atoms with Crippen LogP contribution < -0.4 is 15.4 Å². The Bertz CT molecular complexity index is 741. The monoisotopic (exact) mass is 350 g/mol. The van der Waals surface area contributed by atoms with Crippen molar-refractivity contribution in [3.8, 4) is 0 Å². The first-order valence-electron chi connectivity index (χ1n) is 8.20. The lowest BCUT2D eigenvalue weighted by molar-refractivity contribution is -0.115. The highest BCUT2D eigenvalue weighted by atomic mass is 32.2. The van der Waals surface area contributed by atoms with Gasteiger partial charge in [0.2, 0.25) is 5.91 Å². The number of hydrogen-bond donors (Lipinski definition) is 3. The molecule has 2 aliphatic rings. The molecular weight excluding hydrogens is 328 g/mol. The topological polar surface area (TPSA) is 99.7 Å². The summed E-state index contributed by atoms with van der Waals surface area (Å²) in [6.07, 6.45) is 3.96. The third kappa shape index (κ3) is 4.78. The molecule has 0 bridgehead atoms. The van der Waals surface area contributed by atoms with Gasteiger partial charge < -0.3 is 10.6 Å². The number of hydrogen-bond acceptors (Lipinski definition) is 5. The molecule has 1 amide bonds. The SMILES string of the molecule is O=C(CNCC1CC1)Nc1cccc(S(=O)(=O)NC2=NCCC2)c1. The third-order valence-electron chi connectivity index (χ3n) is 3.97. The maximum atomic E-state index is 12.4. The van der Waals surface area contributed by atoms with E-state index < -0.39 is 10.0 Å². The Hall–Kier alpha value is -1.93. The minimum Gasteiger partial charge on any atom is -0.325 e. The summed E-state index contributed by atoms with van der Waals surface area (Å²) in [4.78, 5) is 16.1. The highest BCUT2D eigenvalue weighted by Gasteiger charge is 2.21. The van der Waals surface area contributed by atoms with Crippen molar-refractivity contribution in [1.29, 1.82) is 0 Å². The van der Waals surface area contributed by atoms with Crippen molar-refractivity contribution in [2.75, 3.05) is 25.0 Å². The molecule has 0 atom stereocenters. The molecule has 7 nitrogen and oxygen atoms in total. The van der Waals surface area contributed by atoms with Crippen LogP contribution in [0.2, 0.25) is 0 Å². The standard InChI is InChI=1S/C16H22N4O3S/c21-16(11-17-10-12-6-7-12)19-13-3-1-4-14(9-13)24(22,23)20-15-5-2-8-18-15/h1,3-4,9,12,17H,2,5-8,10-11H2,(H,18,20)(H,19,21). The van der Waals surface area contributed by atoms with Gasteiger partial charge in [-0.2, -0.15) is 0 Å². The van der Waals surface area contributed by atoms with Gasteiger partial charge in [-0.3, -0.25) is 14.5 Å². The molecule has 24 heavy (non-hydrogen) atoms. The minimum absolute atomic E-state index is 0.112. The molecule has 1 heterocycles.